The second-order valence-electron chi connectivity index (χ2n) is 3.35. The van der Waals surface area contributed by atoms with E-state index in [9.17, 15) is 12.8 Å². The first kappa shape index (κ1) is 12.1. The number of hydrogen-bond donors (Lipinski definition) is 2. The Labute approximate surface area is 102 Å². The summed E-state index contributed by atoms with van der Waals surface area (Å²) in [6.07, 6.45) is 1.07. The highest BCUT2D eigenvalue weighted by atomic mass is 35.5. The van der Waals surface area contributed by atoms with Crippen molar-refractivity contribution in [1.82, 2.24) is 4.98 Å². The normalized spacial score (nSPS) is 11.7. The topological polar surface area (TPSA) is 70.2 Å². The van der Waals surface area contributed by atoms with Gasteiger partial charge in [0.15, 0.2) is 0 Å². The molecule has 1 heterocycles. The van der Waals surface area contributed by atoms with Crippen molar-refractivity contribution in [3.63, 3.8) is 0 Å². The maximum Gasteiger partial charge on any atom is 0.296 e. The third kappa shape index (κ3) is 2.49. The molecule has 0 aliphatic rings. The van der Waals surface area contributed by atoms with Gasteiger partial charge in [-0.1, -0.05) is 11.6 Å². The Kier molecular flexibility index (Phi) is 2.94. The van der Waals surface area contributed by atoms with Crippen LogP contribution in [0.5, 0.6) is 0 Å². The van der Waals surface area contributed by atoms with Crippen LogP contribution in [0.15, 0.2) is 35.4 Å². The van der Waals surface area contributed by atoms with Crippen LogP contribution >= 0.6 is 11.6 Å². The van der Waals surface area contributed by atoms with Crippen LogP contribution in [0.25, 0.3) is 11.3 Å². The lowest BCUT2D eigenvalue weighted by Gasteiger charge is -2.00. The van der Waals surface area contributed by atoms with Gasteiger partial charge in [-0.3, -0.25) is 4.55 Å². The van der Waals surface area contributed by atoms with E-state index in [1.807, 2.05) is 0 Å². The zero-order chi connectivity index (χ0) is 12.6. The molecule has 0 saturated heterocycles. The largest absolute Gasteiger partial charge is 0.360 e. The summed E-state index contributed by atoms with van der Waals surface area (Å²) in [6.45, 7) is 0. The number of nitrogens with one attached hydrogen (secondary N) is 1. The summed E-state index contributed by atoms with van der Waals surface area (Å²) in [7, 11) is -4.30. The summed E-state index contributed by atoms with van der Waals surface area (Å²) in [6, 6.07) is 5.04. The summed E-state index contributed by atoms with van der Waals surface area (Å²) in [5, 5.41) is 0.324. The summed E-state index contributed by atoms with van der Waals surface area (Å²) < 4.78 is 44.0. The zero-order valence-corrected chi connectivity index (χ0v) is 9.89. The maximum atomic E-state index is 13.5. The van der Waals surface area contributed by atoms with E-state index in [-0.39, 0.29) is 16.2 Å². The third-order valence-corrected chi connectivity index (χ3v) is 3.24. The highest BCUT2D eigenvalue weighted by Crippen LogP contribution is 2.26. The van der Waals surface area contributed by atoms with Crippen molar-refractivity contribution < 1.29 is 17.4 Å². The molecule has 2 N–H and O–H groups in total. The van der Waals surface area contributed by atoms with Gasteiger partial charge in [0.25, 0.3) is 10.1 Å². The fourth-order valence-electron chi connectivity index (χ4n) is 1.38. The summed E-state index contributed by atoms with van der Waals surface area (Å²) in [5.74, 6) is -0.543. The van der Waals surface area contributed by atoms with Crippen molar-refractivity contribution in [2.45, 2.75) is 4.90 Å². The van der Waals surface area contributed by atoms with Gasteiger partial charge in [-0.05, 0) is 24.3 Å². The smallest absolute Gasteiger partial charge is 0.296 e. The standard InChI is InChI=1S/C10H7ClFNO3S/c11-6-1-2-9(12)8(3-6)10-4-7(5-13-10)17(14,15)16/h1-5,13H,(H,14,15,16). The lowest BCUT2D eigenvalue weighted by molar-refractivity contribution is 0.483. The van der Waals surface area contributed by atoms with E-state index in [0.29, 0.717) is 5.02 Å². The molecule has 0 aliphatic heterocycles. The van der Waals surface area contributed by atoms with E-state index >= 15 is 0 Å². The van der Waals surface area contributed by atoms with Crippen LogP contribution in [0.4, 0.5) is 4.39 Å². The number of benzene rings is 1. The van der Waals surface area contributed by atoms with Gasteiger partial charge >= 0.3 is 0 Å². The Morgan fingerprint density at radius 1 is 1.29 bits per heavy atom. The summed E-state index contributed by atoms with van der Waals surface area (Å²) in [5.41, 5.74) is 0.352. The third-order valence-electron chi connectivity index (χ3n) is 2.17. The molecule has 90 valence electrons. The molecule has 0 fully saturated rings. The molecule has 4 nitrogen and oxygen atoms in total. The number of halogens is 2. The second kappa shape index (κ2) is 4.14. The fraction of sp³-hybridized carbons (Fsp3) is 0. The van der Waals surface area contributed by atoms with Gasteiger partial charge in [0.05, 0.1) is 0 Å². The Morgan fingerprint density at radius 2 is 2.00 bits per heavy atom. The first-order chi connectivity index (χ1) is 7.88. The molecule has 2 aromatic rings. The van der Waals surface area contributed by atoms with E-state index in [0.717, 1.165) is 12.3 Å². The first-order valence-corrected chi connectivity index (χ1v) is 6.31. The Hall–Kier alpha value is -1.37. The number of H-pyrrole nitrogens is 1. The number of aromatic amines is 1. The highest BCUT2D eigenvalue weighted by molar-refractivity contribution is 7.85. The predicted molar refractivity (Wildman–Crippen MR) is 61.0 cm³/mol. The van der Waals surface area contributed by atoms with Crippen molar-refractivity contribution >= 4 is 21.7 Å². The molecule has 17 heavy (non-hydrogen) atoms. The van der Waals surface area contributed by atoms with Crippen LogP contribution in [-0.4, -0.2) is 18.0 Å². The van der Waals surface area contributed by atoms with E-state index < -0.39 is 15.9 Å². The molecule has 2 rings (SSSR count). The van der Waals surface area contributed by atoms with Gasteiger partial charge < -0.3 is 4.98 Å². The lowest BCUT2D eigenvalue weighted by Crippen LogP contribution is -1.94. The van der Waals surface area contributed by atoms with Gasteiger partial charge in [-0.15, -0.1) is 0 Å². The van der Waals surface area contributed by atoms with E-state index in [4.69, 9.17) is 16.2 Å². The molecule has 1 aromatic heterocycles. The number of aromatic nitrogens is 1. The molecule has 0 bridgehead atoms. The van der Waals surface area contributed by atoms with Crippen LogP contribution in [0.1, 0.15) is 0 Å². The van der Waals surface area contributed by atoms with Crippen molar-refractivity contribution in [2.24, 2.45) is 0 Å². The Morgan fingerprint density at radius 3 is 2.59 bits per heavy atom. The van der Waals surface area contributed by atoms with Crippen molar-refractivity contribution in [3.8, 4) is 11.3 Å². The van der Waals surface area contributed by atoms with Crippen LogP contribution in [0.3, 0.4) is 0 Å². The minimum Gasteiger partial charge on any atom is -0.360 e. The van der Waals surface area contributed by atoms with Gasteiger partial charge in [-0.25, -0.2) is 4.39 Å². The van der Waals surface area contributed by atoms with Crippen molar-refractivity contribution in [3.05, 3.63) is 41.3 Å². The maximum absolute atomic E-state index is 13.5. The van der Waals surface area contributed by atoms with Gasteiger partial charge in [0.1, 0.15) is 10.7 Å². The van der Waals surface area contributed by atoms with Gasteiger partial charge in [0, 0.05) is 22.5 Å². The van der Waals surface area contributed by atoms with Crippen LogP contribution in [0, 0.1) is 5.82 Å². The van der Waals surface area contributed by atoms with Gasteiger partial charge in [0.2, 0.25) is 0 Å². The summed E-state index contributed by atoms with van der Waals surface area (Å²) >= 11 is 5.72. The molecule has 1 aromatic carbocycles. The summed E-state index contributed by atoms with van der Waals surface area (Å²) in [4.78, 5) is 2.23. The van der Waals surface area contributed by atoms with Crippen LogP contribution < -0.4 is 0 Å². The Balaban J connectivity index is 2.55. The van der Waals surface area contributed by atoms with Gasteiger partial charge in [-0.2, -0.15) is 8.42 Å². The highest BCUT2D eigenvalue weighted by Gasteiger charge is 2.14. The molecule has 7 heteroatoms. The van der Waals surface area contributed by atoms with Crippen LogP contribution in [-0.2, 0) is 10.1 Å². The zero-order valence-electron chi connectivity index (χ0n) is 8.31. The van der Waals surface area contributed by atoms with Crippen molar-refractivity contribution in [1.29, 1.82) is 0 Å². The quantitative estimate of drug-likeness (QED) is 0.828. The average molecular weight is 276 g/mol. The monoisotopic (exact) mass is 275 g/mol. The van der Waals surface area contributed by atoms with E-state index in [1.165, 1.54) is 18.2 Å². The number of rotatable bonds is 2. The Bertz CT molecular complexity index is 666. The van der Waals surface area contributed by atoms with E-state index in [2.05, 4.69) is 4.98 Å². The molecular formula is C10H7ClFNO3S. The number of hydrogen-bond acceptors (Lipinski definition) is 2. The lowest BCUT2D eigenvalue weighted by atomic mass is 10.1. The van der Waals surface area contributed by atoms with E-state index in [1.54, 1.807) is 0 Å². The molecule has 0 spiro atoms. The molecular weight excluding hydrogens is 269 g/mol. The minimum atomic E-state index is -4.30. The molecule has 0 atom stereocenters. The fourth-order valence-corrected chi connectivity index (χ4v) is 2.03. The molecule has 0 radical (unpaired) electrons. The molecule has 0 unspecified atom stereocenters. The second-order valence-corrected chi connectivity index (χ2v) is 5.21. The minimum absolute atomic E-state index is 0.132. The molecule has 0 saturated carbocycles. The average Bonchev–Trinajstić information content (AvgIpc) is 2.70. The van der Waals surface area contributed by atoms with Crippen molar-refractivity contribution in [2.75, 3.05) is 0 Å². The predicted octanol–water partition coefficient (Wildman–Crippen LogP) is 2.72. The first-order valence-electron chi connectivity index (χ1n) is 4.49. The molecule has 0 aliphatic carbocycles. The van der Waals surface area contributed by atoms with Crippen LogP contribution in [0.2, 0.25) is 5.02 Å². The SMILES string of the molecule is O=S(=O)(O)c1c[nH]c(-c2cc(Cl)ccc2F)c1. The molecule has 0 amide bonds.